The van der Waals surface area contributed by atoms with Crippen molar-refractivity contribution < 1.29 is 0 Å². The summed E-state index contributed by atoms with van der Waals surface area (Å²) >= 11 is 1.89. The summed E-state index contributed by atoms with van der Waals surface area (Å²) < 4.78 is 1.30. The van der Waals surface area contributed by atoms with E-state index in [9.17, 15) is 0 Å². The van der Waals surface area contributed by atoms with E-state index in [1.54, 1.807) is 0 Å². The molecule has 0 radical (unpaired) electrons. The molecule has 2 aliphatic rings. The smallest absolute Gasteiger partial charge is 0.164 e. The van der Waals surface area contributed by atoms with Crippen molar-refractivity contribution in [3.05, 3.63) is 198 Å². The highest BCUT2D eigenvalue weighted by atomic mass is 32.1. The molecule has 4 heteroatoms. The molecule has 0 saturated heterocycles. The van der Waals surface area contributed by atoms with Crippen LogP contribution in [0.15, 0.2) is 176 Å². The molecule has 3 nitrogen and oxygen atoms in total. The van der Waals surface area contributed by atoms with Crippen LogP contribution in [-0.4, -0.2) is 15.0 Å². The fraction of sp³-hybridized carbons (Fsp3) is 0.0200. The third kappa shape index (κ3) is 3.98. The van der Waals surface area contributed by atoms with E-state index < -0.39 is 5.41 Å². The minimum Gasteiger partial charge on any atom is -0.208 e. The lowest BCUT2D eigenvalue weighted by molar-refractivity contribution is 0.802. The molecule has 2 aromatic heterocycles. The molecule has 0 N–H and O–H groups in total. The van der Waals surface area contributed by atoms with Crippen LogP contribution < -0.4 is 0 Å². The molecule has 250 valence electrons. The SMILES string of the molecule is c1ccc2c(c1)-c1ccccc1C21c2ccc(-c3nc(-c4cccc5ccccc45)nc(-c4cccc5ccccc45)n3)cc2-c2sc3ccccc3c21. The first-order chi connectivity index (χ1) is 26.8. The Morgan fingerprint density at radius 1 is 0.370 bits per heavy atom. The van der Waals surface area contributed by atoms with E-state index in [0.717, 1.165) is 38.2 Å². The van der Waals surface area contributed by atoms with E-state index in [1.807, 2.05) is 11.3 Å². The average molecular weight is 704 g/mol. The van der Waals surface area contributed by atoms with Gasteiger partial charge in [0.2, 0.25) is 0 Å². The van der Waals surface area contributed by atoms with Crippen molar-refractivity contribution in [1.82, 2.24) is 15.0 Å². The molecule has 8 aromatic carbocycles. The average Bonchev–Trinajstić information content (AvgIpc) is 3.86. The van der Waals surface area contributed by atoms with Crippen LogP contribution in [0.5, 0.6) is 0 Å². The minimum absolute atomic E-state index is 0.419. The fourth-order valence-corrected chi connectivity index (χ4v) is 10.6. The molecule has 2 aliphatic carbocycles. The van der Waals surface area contributed by atoms with Gasteiger partial charge in [-0.15, -0.1) is 11.3 Å². The van der Waals surface area contributed by atoms with E-state index in [2.05, 4.69) is 176 Å². The molecule has 0 unspecified atom stereocenters. The second-order valence-corrected chi connectivity index (χ2v) is 15.3. The van der Waals surface area contributed by atoms with Gasteiger partial charge in [-0.1, -0.05) is 164 Å². The maximum absolute atomic E-state index is 5.30. The fourth-order valence-electron chi connectivity index (χ4n) is 9.32. The third-order valence-electron chi connectivity index (χ3n) is 11.5. The van der Waals surface area contributed by atoms with Crippen LogP contribution in [0.3, 0.4) is 0 Å². The van der Waals surface area contributed by atoms with Gasteiger partial charge in [0, 0.05) is 26.3 Å². The first-order valence-electron chi connectivity index (χ1n) is 18.4. The molecule has 12 rings (SSSR count). The van der Waals surface area contributed by atoms with E-state index in [4.69, 9.17) is 15.0 Å². The van der Waals surface area contributed by atoms with Crippen LogP contribution in [0.4, 0.5) is 0 Å². The Morgan fingerprint density at radius 2 is 0.852 bits per heavy atom. The standard InChI is InChI=1S/C50H29N3S/c1-3-17-33-30(13-1)15-11-22-37(33)48-51-47(52-49(53-48)38-23-12-16-31-14-2-4-18-34(31)38)32-27-28-43-40(29-32)46-45(39-21-7-10-26-44(39)54-46)50(43)41-24-8-5-19-35(41)36-20-6-9-25-42(36)50/h1-29H. The molecule has 0 aliphatic heterocycles. The zero-order valence-electron chi connectivity index (χ0n) is 29.0. The largest absolute Gasteiger partial charge is 0.208 e. The number of rotatable bonds is 3. The van der Waals surface area contributed by atoms with Gasteiger partial charge in [0.25, 0.3) is 0 Å². The monoisotopic (exact) mass is 703 g/mol. The maximum atomic E-state index is 5.30. The Balaban J connectivity index is 1.14. The van der Waals surface area contributed by atoms with Gasteiger partial charge in [0.15, 0.2) is 17.5 Å². The summed E-state index contributed by atoms with van der Waals surface area (Å²) in [5.41, 5.74) is 11.8. The predicted molar refractivity (Wildman–Crippen MR) is 223 cm³/mol. The van der Waals surface area contributed by atoms with E-state index in [1.165, 1.54) is 53.9 Å². The highest BCUT2D eigenvalue weighted by molar-refractivity contribution is 7.22. The number of thiophene rings is 1. The number of hydrogen-bond acceptors (Lipinski definition) is 4. The van der Waals surface area contributed by atoms with Crippen LogP contribution in [-0.2, 0) is 5.41 Å². The van der Waals surface area contributed by atoms with Crippen LogP contribution in [0.1, 0.15) is 22.3 Å². The Kier molecular flexibility index (Phi) is 6.14. The van der Waals surface area contributed by atoms with Gasteiger partial charge >= 0.3 is 0 Å². The van der Waals surface area contributed by atoms with Gasteiger partial charge in [-0.2, -0.15) is 0 Å². The van der Waals surface area contributed by atoms with E-state index in [0.29, 0.717) is 17.5 Å². The molecular weight excluding hydrogens is 675 g/mol. The second-order valence-electron chi connectivity index (χ2n) is 14.3. The van der Waals surface area contributed by atoms with Crippen LogP contribution in [0.2, 0.25) is 0 Å². The topological polar surface area (TPSA) is 38.7 Å². The molecule has 54 heavy (non-hydrogen) atoms. The van der Waals surface area contributed by atoms with Crippen molar-refractivity contribution >= 4 is 43.0 Å². The first kappa shape index (κ1) is 29.8. The zero-order valence-corrected chi connectivity index (χ0v) is 29.8. The quantitative estimate of drug-likeness (QED) is 0.184. The number of nitrogens with zero attached hydrogens (tertiary/aromatic N) is 3. The van der Waals surface area contributed by atoms with Crippen molar-refractivity contribution in [3.63, 3.8) is 0 Å². The Morgan fingerprint density at radius 3 is 1.50 bits per heavy atom. The molecule has 0 saturated carbocycles. The zero-order chi connectivity index (χ0) is 35.4. The van der Waals surface area contributed by atoms with Crippen molar-refractivity contribution in [1.29, 1.82) is 0 Å². The van der Waals surface area contributed by atoms with E-state index in [-0.39, 0.29) is 0 Å². The number of benzene rings is 8. The minimum atomic E-state index is -0.419. The number of fused-ring (bicyclic) bond motifs is 14. The van der Waals surface area contributed by atoms with Crippen LogP contribution in [0.25, 0.3) is 87.4 Å². The maximum Gasteiger partial charge on any atom is 0.164 e. The summed E-state index contributed by atoms with van der Waals surface area (Å²) in [6.45, 7) is 0. The van der Waals surface area contributed by atoms with E-state index >= 15 is 0 Å². The molecule has 0 fully saturated rings. The highest BCUT2D eigenvalue weighted by Gasteiger charge is 2.53. The lowest BCUT2D eigenvalue weighted by Gasteiger charge is -2.30. The Bertz CT molecular complexity index is 3040. The summed E-state index contributed by atoms with van der Waals surface area (Å²) in [5.74, 6) is 1.99. The first-order valence-corrected chi connectivity index (χ1v) is 19.2. The highest BCUT2D eigenvalue weighted by Crippen LogP contribution is 2.66. The van der Waals surface area contributed by atoms with Crippen molar-refractivity contribution in [3.8, 4) is 55.7 Å². The summed E-state index contributed by atoms with van der Waals surface area (Å²) in [6, 6.07) is 63.5. The normalized spacial score (nSPS) is 13.3. The predicted octanol–water partition coefficient (Wildman–Crippen LogP) is 12.7. The summed E-state index contributed by atoms with van der Waals surface area (Å²) in [6.07, 6.45) is 0. The molecule has 1 spiro atoms. The van der Waals surface area contributed by atoms with Gasteiger partial charge in [-0.25, -0.2) is 15.0 Å². The second kappa shape index (κ2) is 11.1. The van der Waals surface area contributed by atoms with Gasteiger partial charge in [-0.3, -0.25) is 0 Å². The third-order valence-corrected chi connectivity index (χ3v) is 12.7. The van der Waals surface area contributed by atoms with Gasteiger partial charge < -0.3 is 0 Å². The van der Waals surface area contributed by atoms with Gasteiger partial charge in [0.05, 0.1) is 5.41 Å². The molecule has 2 heterocycles. The summed E-state index contributed by atoms with van der Waals surface area (Å²) in [5, 5.41) is 5.86. The lowest BCUT2D eigenvalue weighted by atomic mass is 9.70. The van der Waals surface area contributed by atoms with Crippen molar-refractivity contribution in [2.45, 2.75) is 5.41 Å². The van der Waals surface area contributed by atoms with Crippen molar-refractivity contribution in [2.75, 3.05) is 0 Å². The number of hydrogen-bond donors (Lipinski definition) is 0. The van der Waals surface area contributed by atoms with Gasteiger partial charge in [0.1, 0.15) is 0 Å². The van der Waals surface area contributed by atoms with Crippen LogP contribution in [0, 0.1) is 0 Å². The summed E-state index contributed by atoms with van der Waals surface area (Å²) in [4.78, 5) is 17.1. The Hall–Kier alpha value is -6.75. The summed E-state index contributed by atoms with van der Waals surface area (Å²) in [7, 11) is 0. The van der Waals surface area contributed by atoms with Crippen LogP contribution >= 0.6 is 11.3 Å². The molecule has 0 bridgehead atoms. The van der Waals surface area contributed by atoms with Crippen molar-refractivity contribution in [2.24, 2.45) is 0 Å². The number of aromatic nitrogens is 3. The molecule has 10 aromatic rings. The lowest BCUT2D eigenvalue weighted by Crippen LogP contribution is -2.25. The van der Waals surface area contributed by atoms with Gasteiger partial charge in [-0.05, 0) is 78.0 Å². The molecular formula is C50H29N3S. The molecule has 0 atom stereocenters. The molecule has 0 amide bonds. The Labute approximate surface area is 315 Å².